The summed E-state index contributed by atoms with van der Waals surface area (Å²) in [6, 6.07) is 6.41. The van der Waals surface area contributed by atoms with E-state index in [0.717, 1.165) is 5.56 Å². The van der Waals surface area contributed by atoms with E-state index in [2.05, 4.69) is 5.32 Å². The Morgan fingerprint density at radius 1 is 1.41 bits per heavy atom. The summed E-state index contributed by atoms with van der Waals surface area (Å²) in [5, 5.41) is 2.43. The van der Waals surface area contributed by atoms with Gasteiger partial charge in [-0.3, -0.25) is 9.59 Å². The number of carbonyl (C=O) groups excluding carboxylic acids is 2. The zero-order chi connectivity index (χ0) is 12.8. The number of nitrogens with one attached hydrogen (secondary N) is 1. The SMILES string of the molecule is CC(NC(=O)/C=C/c1cccc(N)c1)C(N)=O. The van der Waals surface area contributed by atoms with E-state index in [4.69, 9.17) is 11.5 Å². The van der Waals surface area contributed by atoms with Crippen molar-refractivity contribution < 1.29 is 9.59 Å². The van der Waals surface area contributed by atoms with Crippen molar-refractivity contribution in [1.82, 2.24) is 5.32 Å². The Labute approximate surface area is 99.5 Å². The first-order valence-electron chi connectivity index (χ1n) is 5.12. The highest BCUT2D eigenvalue weighted by molar-refractivity contribution is 5.95. The summed E-state index contributed by atoms with van der Waals surface area (Å²) in [5.74, 6) is -0.950. The van der Waals surface area contributed by atoms with Gasteiger partial charge in [0, 0.05) is 11.8 Å². The van der Waals surface area contributed by atoms with Gasteiger partial charge >= 0.3 is 0 Å². The molecule has 0 saturated carbocycles. The van der Waals surface area contributed by atoms with Gasteiger partial charge in [0.1, 0.15) is 6.04 Å². The number of amides is 2. The molecule has 0 saturated heterocycles. The van der Waals surface area contributed by atoms with Crippen molar-refractivity contribution in [3.63, 3.8) is 0 Å². The van der Waals surface area contributed by atoms with Crippen molar-refractivity contribution in [3.05, 3.63) is 35.9 Å². The molecule has 0 heterocycles. The summed E-state index contributed by atoms with van der Waals surface area (Å²) < 4.78 is 0. The van der Waals surface area contributed by atoms with Gasteiger partial charge in [-0.1, -0.05) is 12.1 Å². The van der Waals surface area contributed by atoms with Gasteiger partial charge in [0.2, 0.25) is 11.8 Å². The summed E-state index contributed by atoms with van der Waals surface area (Å²) in [4.78, 5) is 22.1. The summed E-state index contributed by atoms with van der Waals surface area (Å²) in [6.45, 7) is 1.52. The number of nitrogen functional groups attached to an aromatic ring is 1. The molecule has 5 heteroatoms. The third-order valence-electron chi connectivity index (χ3n) is 2.12. The Balaban J connectivity index is 2.59. The minimum atomic E-state index is -0.687. The van der Waals surface area contributed by atoms with Gasteiger partial charge in [0.25, 0.3) is 0 Å². The number of anilines is 1. The van der Waals surface area contributed by atoms with E-state index in [1.165, 1.54) is 13.0 Å². The summed E-state index contributed by atoms with van der Waals surface area (Å²) >= 11 is 0. The summed E-state index contributed by atoms with van der Waals surface area (Å²) in [7, 11) is 0. The van der Waals surface area contributed by atoms with Crippen molar-refractivity contribution >= 4 is 23.6 Å². The molecule has 5 nitrogen and oxygen atoms in total. The maximum atomic E-state index is 11.4. The third-order valence-corrected chi connectivity index (χ3v) is 2.12. The first-order valence-corrected chi connectivity index (χ1v) is 5.12. The molecule has 0 radical (unpaired) electrons. The van der Waals surface area contributed by atoms with Crippen LogP contribution in [0.2, 0.25) is 0 Å². The fraction of sp³-hybridized carbons (Fsp3) is 0.167. The largest absolute Gasteiger partial charge is 0.399 e. The van der Waals surface area contributed by atoms with Gasteiger partial charge in [0.15, 0.2) is 0 Å². The van der Waals surface area contributed by atoms with Gasteiger partial charge < -0.3 is 16.8 Å². The lowest BCUT2D eigenvalue weighted by Gasteiger charge is -2.07. The van der Waals surface area contributed by atoms with E-state index in [9.17, 15) is 9.59 Å². The average molecular weight is 233 g/mol. The second-order valence-electron chi connectivity index (χ2n) is 3.64. The predicted octanol–water partition coefficient (Wildman–Crippen LogP) is 0.272. The topological polar surface area (TPSA) is 98.2 Å². The lowest BCUT2D eigenvalue weighted by molar-refractivity contribution is -0.124. The molecule has 90 valence electrons. The van der Waals surface area contributed by atoms with E-state index in [1.54, 1.807) is 24.3 Å². The molecule has 2 amide bonds. The molecule has 0 aliphatic heterocycles. The molecule has 0 bridgehead atoms. The fourth-order valence-corrected chi connectivity index (χ4v) is 1.17. The highest BCUT2D eigenvalue weighted by Gasteiger charge is 2.09. The van der Waals surface area contributed by atoms with Crippen LogP contribution >= 0.6 is 0 Å². The zero-order valence-corrected chi connectivity index (χ0v) is 9.51. The Bertz CT molecular complexity index is 455. The Kier molecular flexibility index (Phi) is 4.28. The number of nitrogens with two attached hydrogens (primary N) is 2. The maximum absolute atomic E-state index is 11.4. The van der Waals surface area contributed by atoms with Gasteiger partial charge in [-0.15, -0.1) is 0 Å². The van der Waals surface area contributed by atoms with Gasteiger partial charge in [-0.25, -0.2) is 0 Å². The minimum absolute atomic E-state index is 0.376. The predicted molar refractivity (Wildman–Crippen MR) is 66.7 cm³/mol. The second kappa shape index (κ2) is 5.69. The average Bonchev–Trinajstić information content (AvgIpc) is 2.26. The Morgan fingerprint density at radius 3 is 2.71 bits per heavy atom. The molecule has 0 aliphatic carbocycles. The Hall–Kier alpha value is -2.30. The molecule has 17 heavy (non-hydrogen) atoms. The smallest absolute Gasteiger partial charge is 0.244 e. The molecular weight excluding hydrogens is 218 g/mol. The summed E-state index contributed by atoms with van der Waals surface area (Å²) in [5.41, 5.74) is 12.0. The van der Waals surface area contributed by atoms with Crippen LogP contribution in [0.25, 0.3) is 6.08 Å². The van der Waals surface area contributed by atoms with Gasteiger partial charge in [0.05, 0.1) is 0 Å². The molecule has 1 unspecified atom stereocenters. The van der Waals surface area contributed by atoms with Gasteiger partial charge in [-0.05, 0) is 30.7 Å². The standard InChI is InChI=1S/C12H15N3O2/c1-8(12(14)17)15-11(16)6-5-9-3-2-4-10(13)7-9/h2-8H,13H2,1H3,(H2,14,17)(H,15,16)/b6-5+. The second-order valence-corrected chi connectivity index (χ2v) is 3.64. The van der Waals surface area contributed by atoms with Crippen LogP contribution in [0.1, 0.15) is 12.5 Å². The van der Waals surface area contributed by atoms with Gasteiger partial charge in [-0.2, -0.15) is 0 Å². The molecule has 0 aromatic heterocycles. The van der Waals surface area contributed by atoms with Crippen LogP contribution in [0.15, 0.2) is 30.3 Å². The highest BCUT2D eigenvalue weighted by Crippen LogP contribution is 2.07. The van der Waals surface area contributed by atoms with Crippen molar-refractivity contribution in [3.8, 4) is 0 Å². The van der Waals surface area contributed by atoms with E-state index in [1.807, 2.05) is 6.07 Å². The molecule has 1 rings (SSSR count). The Morgan fingerprint density at radius 2 is 2.12 bits per heavy atom. The summed E-state index contributed by atoms with van der Waals surface area (Å²) in [6.07, 6.45) is 2.94. The monoisotopic (exact) mass is 233 g/mol. The molecule has 0 fully saturated rings. The molecule has 5 N–H and O–H groups in total. The van der Waals surface area contributed by atoms with E-state index < -0.39 is 11.9 Å². The normalized spacial score (nSPS) is 12.3. The number of benzene rings is 1. The molecular formula is C12H15N3O2. The molecule has 1 aromatic rings. The first-order chi connectivity index (χ1) is 7.99. The number of carbonyl (C=O) groups is 2. The molecule has 0 aliphatic rings. The molecule has 0 spiro atoms. The van der Waals surface area contributed by atoms with Crippen LogP contribution in [0.4, 0.5) is 5.69 Å². The van der Waals surface area contributed by atoms with Crippen LogP contribution in [-0.2, 0) is 9.59 Å². The van der Waals surface area contributed by atoms with Crippen molar-refractivity contribution in [1.29, 1.82) is 0 Å². The van der Waals surface area contributed by atoms with Crippen molar-refractivity contribution in [2.75, 3.05) is 5.73 Å². The van der Waals surface area contributed by atoms with Crippen molar-refractivity contribution in [2.45, 2.75) is 13.0 Å². The number of hydrogen-bond donors (Lipinski definition) is 3. The van der Waals surface area contributed by atoms with Crippen LogP contribution in [0.3, 0.4) is 0 Å². The van der Waals surface area contributed by atoms with E-state index >= 15 is 0 Å². The first kappa shape index (κ1) is 12.8. The van der Waals surface area contributed by atoms with Crippen LogP contribution < -0.4 is 16.8 Å². The maximum Gasteiger partial charge on any atom is 0.244 e. The zero-order valence-electron chi connectivity index (χ0n) is 9.51. The third kappa shape index (κ3) is 4.38. The van der Waals surface area contributed by atoms with Crippen LogP contribution in [-0.4, -0.2) is 17.9 Å². The minimum Gasteiger partial charge on any atom is -0.399 e. The molecule has 1 aromatic carbocycles. The quantitative estimate of drug-likeness (QED) is 0.514. The van der Waals surface area contributed by atoms with E-state index in [-0.39, 0.29) is 5.91 Å². The molecule has 1 atom stereocenters. The van der Waals surface area contributed by atoms with E-state index in [0.29, 0.717) is 5.69 Å². The fourth-order valence-electron chi connectivity index (χ4n) is 1.17. The lowest BCUT2D eigenvalue weighted by Crippen LogP contribution is -2.41. The number of hydrogen-bond acceptors (Lipinski definition) is 3. The highest BCUT2D eigenvalue weighted by atomic mass is 16.2. The van der Waals surface area contributed by atoms with Crippen molar-refractivity contribution in [2.24, 2.45) is 5.73 Å². The lowest BCUT2D eigenvalue weighted by atomic mass is 10.2. The number of rotatable bonds is 4. The van der Waals surface area contributed by atoms with Crippen LogP contribution in [0, 0.1) is 0 Å². The van der Waals surface area contributed by atoms with Crippen LogP contribution in [0.5, 0.6) is 0 Å². The number of primary amides is 1.